The maximum absolute atomic E-state index is 13.0. The minimum Gasteiger partial charge on any atom is -0.340 e. The molecule has 0 radical (unpaired) electrons. The minimum absolute atomic E-state index is 0.0584. The molecule has 6 heteroatoms. The van der Waals surface area contributed by atoms with Crippen molar-refractivity contribution in [1.82, 2.24) is 9.97 Å². The molecule has 0 spiro atoms. The van der Waals surface area contributed by atoms with Crippen LogP contribution < -0.4 is 11.1 Å². The van der Waals surface area contributed by atoms with Crippen LogP contribution >= 0.6 is 11.6 Å². The Bertz CT molecular complexity index is 533. The number of nitrogens with two attached hydrogens (primary N) is 1. The quantitative estimate of drug-likeness (QED) is 0.881. The van der Waals surface area contributed by atoms with E-state index < -0.39 is 5.82 Å². The van der Waals surface area contributed by atoms with Crippen molar-refractivity contribution in [1.29, 1.82) is 0 Å². The van der Waals surface area contributed by atoms with E-state index >= 15 is 0 Å². The second-order valence-corrected chi connectivity index (χ2v) is 3.72. The number of hydrogen-bond acceptors (Lipinski definition) is 4. The Morgan fingerprint density at radius 2 is 2.18 bits per heavy atom. The number of hydrogen-bond donors (Lipinski definition) is 2. The van der Waals surface area contributed by atoms with Gasteiger partial charge in [0.25, 0.3) is 0 Å². The zero-order valence-electron chi connectivity index (χ0n) is 8.82. The molecule has 3 N–H and O–H groups in total. The lowest BCUT2D eigenvalue weighted by atomic mass is 10.3. The van der Waals surface area contributed by atoms with Gasteiger partial charge in [0.1, 0.15) is 17.5 Å². The van der Waals surface area contributed by atoms with Crippen molar-refractivity contribution in [2.45, 2.75) is 6.54 Å². The number of nitrogens with zero attached hydrogens (tertiary/aromatic N) is 2. The summed E-state index contributed by atoms with van der Waals surface area (Å²) in [5.74, 6) is 0.661. The fourth-order valence-electron chi connectivity index (χ4n) is 1.29. The Kier molecular flexibility index (Phi) is 3.51. The highest BCUT2D eigenvalue weighted by Gasteiger charge is 2.02. The molecule has 17 heavy (non-hydrogen) atoms. The van der Waals surface area contributed by atoms with Crippen LogP contribution in [0.15, 0.2) is 30.5 Å². The van der Waals surface area contributed by atoms with Gasteiger partial charge in [-0.05, 0) is 24.3 Å². The third kappa shape index (κ3) is 2.89. The van der Waals surface area contributed by atoms with Crippen LogP contribution in [0.1, 0.15) is 5.82 Å². The molecule has 0 fully saturated rings. The maximum Gasteiger partial charge on any atom is 0.144 e. The first-order valence-corrected chi connectivity index (χ1v) is 5.31. The van der Waals surface area contributed by atoms with Crippen LogP contribution in [-0.4, -0.2) is 9.97 Å². The molecule has 0 unspecified atom stereocenters. The lowest BCUT2D eigenvalue weighted by Crippen LogP contribution is -2.04. The smallest absolute Gasteiger partial charge is 0.144 e. The van der Waals surface area contributed by atoms with E-state index in [0.717, 1.165) is 0 Å². The van der Waals surface area contributed by atoms with E-state index in [1.807, 2.05) is 0 Å². The van der Waals surface area contributed by atoms with Crippen molar-refractivity contribution in [3.8, 4) is 0 Å². The Morgan fingerprint density at radius 3 is 2.88 bits per heavy atom. The molecule has 88 valence electrons. The van der Waals surface area contributed by atoms with Gasteiger partial charge in [-0.1, -0.05) is 11.6 Å². The molecule has 4 nitrogen and oxygen atoms in total. The van der Waals surface area contributed by atoms with E-state index in [0.29, 0.717) is 17.3 Å². The number of rotatable bonds is 3. The Labute approximate surface area is 103 Å². The number of aromatic nitrogens is 2. The highest BCUT2D eigenvalue weighted by Crippen LogP contribution is 2.21. The first-order chi connectivity index (χ1) is 8.19. The molecule has 2 rings (SSSR count). The van der Waals surface area contributed by atoms with Gasteiger partial charge in [0.2, 0.25) is 0 Å². The molecule has 0 aliphatic heterocycles. The summed E-state index contributed by atoms with van der Waals surface area (Å²) in [5, 5.41) is 3.05. The third-order valence-corrected chi connectivity index (χ3v) is 2.37. The summed E-state index contributed by atoms with van der Waals surface area (Å²) in [6, 6.07) is 6.04. The van der Waals surface area contributed by atoms with E-state index in [2.05, 4.69) is 15.3 Å². The summed E-state index contributed by atoms with van der Waals surface area (Å²) in [5.41, 5.74) is 6.08. The standard InChI is InChI=1S/C11H10ClFN4/c12-8-5-7(1-2-9(8)13)16-10-3-4-15-11(6-14)17-10/h1-5H,6,14H2,(H,15,16,17). The maximum atomic E-state index is 13.0. The molecule has 1 aromatic carbocycles. The molecule has 0 saturated carbocycles. The fraction of sp³-hybridized carbons (Fsp3) is 0.0909. The Balaban J connectivity index is 2.22. The molecule has 1 aromatic heterocycles. The lowest BCUT2D eigenvalue weighted by molar-refractivity contribution is 0.628. The van der Waals surface area contributed by atoms with E-state index in [-0.39, 0.29) is 11.6 Å². The summed E-state index contributed by atoms with van der Waals surface area (Å²) < 4.78 is 13.0. The van der Waals surface area contributed by atoms with Gasteiger partial charge in [0.05, 0.1) is 11.6 Å². The van der Waals surface area contributed by atoms with Crippen LogP contribution in [-0.2, 0) is 6.54 Å². The largest absolute Gasteiger partial charge is 0.340 e. The summed E-state index contributed by atoms with van der Waals surface area (Å²) >= 11 is 5.67. The van der Waals surface area contributed by atoms with Gasteiger partial charge in [-0.2, -0.15) is 0 Å². The molecule has 0 atom stereocenters. The van der Waals surface area contributed by atoms with Gasteiger partial charge in [0.15, 0.2) is 0 Å². The molecular weight excluding hydrogens is 243 g/mol. The molecule has 0 aliphatic carbocycles. The highest BCUT2D eigenvalue weighted by atomic mass is 35.5. The van der Waals surface area contributed by atoms with Crippen molar-refractivity contribution >= 4 is 23.1 Å². The molecule has 1 heterocycles. The summed E-state index contributed by atoms with van der Waals surface area (Å²) in [4.78, 5) is 8.12. The molecular formula is C11H10ClFN4. The molecule has 2 aromatic rings. The van der Waals surface area contributed by atoms with Crippen molar-refractivity contribution in [3.63, 3.8) is 0 Å². The van der Waals surface area contributed by atoms with Crippen molar-refractivity contribution in [2.75, 3.05) is 5.32 Å². The molecule has 0 aliphatic rings. The van der Waals surface area contributed by atoms with Crippen molar-refractivity contribution in [3.05, 3.63) is 47.1 Å². The minimum atomic E-state index is -0.456. The van der Waals surface area contributed by atoms with Gasteiger partial charge >= 0.3 is 0 Å². The number of halogens is 2. The second-order valence-electron chi connectivity index (χ2n) is 3.32. The van der Waals surface area contributed by atoms with Gasteiger partial charge in [-0.3, -0.25) is 0 Å². The predicted molar refractivity (Wildman–Crippen MR) is 64.6 cm³/mol. The summed E-state index contributed by atoms with van der Waals surface area (Å²) in [6.07, 6.45) is 1.60. The molecule has 0 saturated heterocycles. The van der Waals surface area contributed by atoms with Gasteiger partial charge in [-0.25, -0.2) is 14.4 Å². The summed E-state index contributed by atoms with van der Waals surface area (Å²) in [6.45, 7) is 0.264. The Hall–Kier alpha value is -1.72. The first-order valence-electron chi connectivity index (χ1n) is 4.93. The van der Waals surface area contributed by atoms with E-state index in [4.69, 9.17) is 17.3 Å². The number of benzene rings is 1. The van der Waals surface area contributed by atoms with Crippen LogP contribution in [0, 0.1) is 5.82 Å². The zero-order chi connectivity index (χ0) is 12.3. The van der Waals surface area contributed by atoms with Crippen LogP contribution in [0.5, 0.6) is 0 Å². The van der Waals surface area contributed by atoms with Crippen LogP contribution in [0.2, 0.25) is 5.02 Å². The van der Waals surface area contributed by atoms with Crippen LogP contribution in [0.3, 0.4) is 0 Å². The van der Waals surface area contributed by atoms with E-state index in [1.54, 1.807) is 18.3 Å². The third-order valence-electron chi connectivity index (χ3n) is 2.08. The van der Waals surface area contributed by atoms with Gasteiger partial charge in [-0.15, -0.1) is 0 Å². The summed E-state index contributed by atoms with van der Waals surface area (Å²) in [7, 11) is 0. The van der Waals surface area contributed by atoms with Gasteiger partial charge < -0.3 is 11.1 Å². The number of nitrogens with one attached hydrogen (secondary N) is 1. The second kappa shape index (κ2) is 5.07. The van der Waals surface area contributed by atoms with Crippen LogP contribution in [0.4, 0.5) is 15.9 Å². The molecule has 0 amide bonds. The lowest BCUT2D eigenvalue weighted by Gasteiger charge is -2.06. The topological polar surface area (TPSA) is 63.8 Å². The SMILES string of the molecule is NCc1nccc(Nc2ccc(F)c(Cl)c2)n1. The monoisotopic (exact) mass is 252 g/mol. The highest BCUT2D eigenvalue weighted by molar-refractivity contribution is 6.31. The predicted octanol–water partition coefficient (Wildman–Crippen LogP) is 2.47. The molecule has 0 bridgehead atoms. The van der Waals surface area contributed by atoms with Gasteiger partial charge in [0, 0.05) is 11.9 Å². The van der Waals surface area contributed by atoms with E-state index in [9.17, 15) is 4.39 Å². The van der Waals surface area contributed by atoms with Crippen molar-refractivity contribution in [2.24, 2.45) is 5.73 Å². The van der Waals surface area contributed by atoms with Crippen LogP contribution in [0.25, 0.3) is 0 Å². The number of anilines is 2. The normalized spacial score (nSPS) is 10.3. The fourth-order valence-corrected chi connectivity index (χ4v) is 1.47. The first kappa shape index (κ1) is 11.8. The average molecular weight is 253 g/mol. The van der Waals surface area contributed by atoms with E-state index in [1.165, 1.54) is 12.1 Å². The van der Waals surface area contributed by atoms with Crippen molar-refractivity contribution < 1.29 is 4.39 Å². The zero-order valence-corrected chi connectivity index (χ0v) is 9.58. The average Bonchev–Trinajstić information content (AvgIpc) is 2.34. The Morgan fingerprint density at radius 1 is 1.35 bits per heavy atom.